The van der Waals surface area contributed by atoms with Gasteiger partial charge in [-0.3, -0.25) is 4.79 Å². The number of carboxylic acid groups (broad SMARTS) is 1. The van der Waals surface area contributed by atoms with Crippen molar-refractivity contribution in [3.05, 3.63) is 57.2 Å². The number of phenols is 1. The Morgan fingerprint density at radius 2 is 1.88 bits per heavy atom. The standard InChI is InChI=1S/C21H16ClF3O7/c22-13-4-5-14(26)19-15(27)9-17(32-20(13)19)12-3-2-11(21(23,24)25)8-16(12)31-7-1-6-30-10-18(28)29/h2-5,8-9,26H,1,6-7,10H2,(H,28,29). The van der Waals surface area contributed by atoms with Crippen molar-refractivity contribution in [2.45, 2.75) is 12.6 Å². The van der Waals surface area contributed by atoms with Gasteiger partial charge in [-0.25, -0.2) is 4.79 Å². The van der Waals surface area contributed by atoms with Crippen LogP contribution in [0.5, 0.6) is 11.5 Å². The maximum absolute atomic E-state index is 13.2. The second-order valence-electron chi connectivity index (χ2n) is 6.60. The summed E-state index contributed by atoms with van der Waals surface area (Å²) >= 11 is 6.06. The van der Waals surface area contributed by atoms with Crippen molar-refractivity contribution in [1.82, 2.24) is 0 Å². The molecule has 1 aromatic heterocycles. The number of hydrogen-bond acceptors (Lipinski definition) is 6. The molecule has 0 atom stereocenters. The molecule has 0 saturated heterocycles. The normalized spacial score (nSPS) is 11.6. The number of rotatable bonds is 8. The first-order chi connectivity index (χ1) is 15.1. The van der Waals surface area contributed by atoms with Gasteiger partial charge in [-0.05, 0) is 30.3 Å². The smallest absolute Gasteiger partial charge is 0.416 e. The van der Waals surface area contributed by atoms with E-state index in [1.807, 2.05) is 0 Å². The summed E-state index contributed by atoms with van der Waals surface area (Å²) in [6.07, 6.45) is -4.44. The van der Waals surface area contributed by atoms with Crippen LogP contribution in [0.3, 0.4) is 0 Å². The fourth-order valence-electron chi connectivity index (χ4n) is 2.87. The summed E-state index contributed by atoms with van der Waals surface area (Å²) in [6, 6.07) is 6.23. The van der Waals surface area contributed by atoms with Gasteiger partial charge in [0.05, 0.1) is 29.4 Å². The third kappa shape index (κ3) is 5.32. The number of aliphatic carboxylic acids is 1. The molecule has 0 aliphatic heterocycles. The number of hydrogen-bond donors (Lipinski definition) is 2. The molecule has 0 amide bonds. The maximum atomic E-state index is 13.2. The first-order valence-corrected chi connectivity index (χ1v) is 9.55. The van der Waals surface area contributed by atoms with E-state index in [9.17, 15) is 27.9 Å². The molecule has 0 fully saturated rings. The topological polar surface area (TPSA) is 106 Å². The number of ether oxygens (including phenoxy) is 2. The van der Waals surface area contributed by atoms with Crippen LogP contribution >= 0.6 is 11.6 Å². The van der Waals surface area contributed by atoms with Crippen molar-refractivity contribution in [3.63, 3.8) is 0 Å². The van der Waals surface area contributed by atoms with Crippen LogP contribution in [-0.4, -0.2) is 36.0 Å². The zero-order valence-corrected chi connectivity index (χ0v) is 17.0. The highest BCUT2D eigenvalue weighted by Crippen LogP contribution is 2.39. The molecule has 0 bridgehead atoms. The lowest BCUT2D eigenvalue weighted by Gasteiger charge is -2.15. The molecule has 3 rings (SSSR count). The Labute approximate surface area is 183 Å². The average Bonchev–Trinajstić information content (AvgIpc) is 2.72. The first-order valence-electron chi connectivity index (χ1n) is 9.17. The van der Waals surface area contributed by atoms with E-state index in [1.165, 1.54) is 12.1 Å². The molecule has 0 radical (unpaired) electrons. The molecule has 2 N–H and O–H groups in total. The van der Waals surface area contributed by atoms with Gasteiger partial charge in [0, 0.05) is 12.5 Å². The van der Waals surface area contributed by atoms with Crippen LogP contribution < -0.4 is 10.2 Å². The Balaban J connectivity index is 1.97. The second kappa shape index (κ2) is 9.49. The number of carbonyl (C=O) groups is 1. The molecule has 0 spiro atoms. The predicted molar refractivity (Wildman–Crippen MR) is 108 cm³/mol. The molecule has 170 valence electrons. The highest BCUT2D eigenvalue weighted by Gasteiger charge is 2.31. The van der Waals surface area contributed by atoms with E-state index in [4.69, 9.17) is 30.6 Å². The lowest BCUT2D eigenvalue weighted by atomic mass is 10.1. The predicted octanol–water partition coefficient (Wildman–Crippen LogP) is 4.71. The van der Waals surface area contributed by atoms with Crippen LogP contribution in [0.2, 0.25) is 5.02 Å². The van der Waals surface area contributed by atoms with Crippen molar-refractivity contribution in [1.29, 1.82) is 0 Å². The van der Waals surface area contributed by atoms with Gasteiger partial charge >= 0.3 is 12.1 Å². The van der Waals surface area contributed by atoms with Gasteiger partial charge in [0.1, 0.15) is 29.3 Å². The molecule has 11 heteroatoms. The van der Waals surface area contributed by atoms with Crippen LogP contribution in [0.1, 0.15) is 12.0 Å². The molecule has 0 aliphatic carbocycles. The lowest BCUT2D eigenvalue weighted by Crippen LogP contribution is -2.11. The average molecular weight is 473 g/mol. The summed E-state index contributed by atoms with van der Waals surface area (Å²) in [4.78, 5) is 22.9. The van der Waals surface area contributed by atoms with E-state index in [0.717, 1.165) is 24.3 Å². The molecule has 7 nitrogen and oxygen atoms in total. The van der Waals surface area contributed by atoms with Gasteiger partial charge in [-0.1, -0.05) is 11.6 Å². The van der Waals surface area contributed by atoms with E-state index in [-0.39, 0.29) is 58.4 Å². The zero-order chi connectivity index (χ0) is 23.5. The summed E-state index contributed by atoms with van der Waals surface area (Å²) in [6.45, 7) is -0.585. The van der Waals surface area contributed by atoms with E-state index in [0.29, 0.717) is 0 Å². The number of halogens is 4. The van der Waals surface area contributed by atoms with Crippen molar-refractivity contribution in [3.8, 4) is 22.8 Å². The van der Waals surface area contributed by atoms with Crippen LogP contribution in [0.15, 0.2) is 45.6 Å². The number of fused-ring (bicyclic) bond motifs is 1. The molecule has 0 aliphatic rings. The fourth-order valence-corrected chi connectivity index (χ4v) is 3.07. The van der Waals surface area contributed by atoms with Gasteiger partial charge < -0.3 is 24.1 Å². The third-order valence-corrected chi connectivity index (χ3v) is 4.60. The van der Waals surface area contributed by atoms with Crippen LogP contribution in [0.4, 0.5) is 13.2 Å². The molecule has 0 unspecified atom stereocenters. The summed E-state index contributed by atoms with van der Waals surface area (Å²) in [5.41, 5.74) is -1.68. The summed E-state index contributed by atoms with van der Waals surface area (Å²) in [7, 11) is 0. The van der Waals surface area contributed by atoms with Gasteiger partial charge in [0.2, 0.25) is 0 Å². The van der Waals surface area contributed by atoms with Crippen LogP contribution in [-0.2, 0) is 15.7 Å². The van der Waals surface area contributed by atoms with Gasteiger partial charge in [0.15, 0.2) is 11.0 Å². The molecular formula is C21H16ClF3O7. The number of phenolic OH excluding ortho intramolecular Hbond substituents is 1. The molecule has 0 saturated carbocycles. The molecule has 32 heavy (non-hydrogen) atoms. The lowest BCUT2D eigenvalue weighted by molar-refractivity contribution is -0.142. The van der Waals surface area contributed by atoms with Crippen LogP contribution in [0, 0.1) is 0 Å². The van der Waals surface area contributed by atoms with E-state index < -0.39 is 29.7 Å². The van der Waals surface area contributed by atoms with Crippen molar-refractivity contribution in [2.24, 2.45) is 0 Å². The second-order valence-corrected chi connectivity index (χ2v) is 7.01. The Morgan fingerprint density at radius 1 is 1.12 bits per heavy atom. The molecular weight excluding hydrogens is 457 g/mol. The number of benzene rings is 2. The third-order valence-electron chi connectivity index (χ3n) is 4.30. The molecule has 1 heterocycles. The largest absolute Gasteiger partial charge is 0.507 e. The highest BCUT2D eigenvalue weighted by molar-refractivity contribution is 6.35. The van der Waals surface area contributed by atoms with Crippen molar-refractivity contribution >= 4 is 28.5 Å². The maximum Gasteiger partial charge on any atom is 0.416 e. The monoisotopic (exact) mass is 472 g/mol. The van der Waals surface area contributed by atoms with Crippen LogP contribution in [0.25, 0.3) is 22.3 Å². The van der Waals surface area contributed by atoms with E-state index >= 15 is 0 Å². The number of carboxylic acids is 1. The molecule has 3 aromatic rings. The van der Waals surface area contributed by atoms with Gasteiger partial charge in [0.25, 0.3) is 0 Å². The number of alkyl halides is 3. The van der Waals surface area contributed by atoms with E-state index in [1.54, 1.807) is 0 Å². The zero-order valence-electron chi connectivity index (χ0n) is 16.2. The summed E-state index contributed by atoms with van der Waals surface area (Å²) in [5, 5.41) is 18.3. The first kappa shape index (κ1) is 23.4. The summed E-state index contributed by atoms with van der Waals surface area (Å²) in [5.74, 6) is -1.82. The molecule has 2 aromatic carbocycles. The fraction of sp³-hybridized carbons (Fsp3) is 0.238. The quantitative estimate of drug-likeness (QED) is 0.457. The van der Waals surface area contributed by atoms with Crippen molar-refractivity contribution < 1.29 is 42.1 Å². The Kier molecular flexibility index (Phi) is 6.95. The minimum atomic E-state index is -4.64. The Bertz CT molecular complexity index is 1200. The minimum Gasteiger partial charge on any atom is -0.507 e. The van der Waals surface area contributed by atoms with Gasteiger partial charge in [-0.15, -0.1) is 0 Å². The minimum absolute atomic E-state index is 0.0144. The Morgan fingerprint density at radius 3 is 2.56 bits per heavy atom. The van der Waals surface area contributed by atoms with Crippen molar-refractivity contribution in [2.75, 3.05) is 19.8 Å². The number of aromatic hydroxyl groups is 1. The highest BCUT2D eigenvalue weighted by atomic mass is 35.5. The SMILES string of the molecule is O=C(O)COCCCOc1cc(C(F)(F)F)ccc1-c1cc(=O)c2c(O)ccc(Cl)c2o1. The van der Waals surface area contributed by atoms with E-state index in [2.05, 4.69) is 0 Å². The summed E-state index contributed by atoms with van der Waals surface area (Å²) < 4.78 is 55.5. The van der Waals surface area contributed by atoms with Gasteiger partial charge in [-0.2, -0.15) is 13.2 Å². The Hall–Kier alpha value is -3.24.